The van der Waals surface area contributed by atoms with Gasteiger partial charge in [0.2, 0.25) is 26.8 Å². The van der Waals surface area contributed by atoms with Crippen molar-refractivity contribution in [1.82, 2.24) is 25.9 Å². The predicted molar refractivity (Wildman–Crippen MR) is 132 cm³/mol. The first kappa shape index (κ1) is 30.5. The first-order valence-corrected chi connectivity index (χ1v) is 13.3. The Hall–Kier alpha value is -3.53. The molecule has 12 nitrogen and oxygen atoms in total. The Morgan fingerprint density at radius 1 is 1.08 bits per heavy atom. The number of unbranched alkanes of at least 4 members (excludes halogenated alkanes) is 1. The topological polar surface area (TPSA) is 190 Å². The molecule has 2 atom stereocenters. The largest absolute Gasteiger partial charge is 0.352 e. The SMILES string of the molecule is CC(=O)[C@H](CCCNC(N)=O)NC(=O)[C@@H](NC(=O)CCCC#Cc1cnc(S(C)(=O)=O)nc1)C(C)C. The fraction of sp³-hybridized carbons (Fsp3) is 0.565. The number of primary amides is 1. The minimum absolute atomic E-state index is 0.142. The Kier molecular flexibility index (Phi) is 12.5. The lowest BCUT2D eigenvalue weighted by molar-refractivity contribution is -0.132. The molecule has 0 spiro atoms. The number of sulfone groups is 1. The number of carbonyl (C=O) groups excluding carboxylic acids is 4. The summed E-state index contributed by atoms with van der Waals surface area (Å²) in [6.45, 7) is 5.21. The number of aromatic nitrogens is 2. The summed E-state index contributed by atoms with van der Waals surface area (Å²) in [5.74, 6) is 4.45. The van der Waals surface area contributed by atoms with Crippen molar-refractivity contribution < 1.29 is 27.6 Å². The monoisotopic (exact) mass is 522 g/mol. The van der Waals surface area contributed by atoms with Crippen LogP contribution in [0.4, 0.5) is 4.79 Å². The lowest BCUT2D eigenvalue weighted by Gasteiger charge is -2.24. The Morgan fingerprint density at radius 3 is 2.25 bits per heavy atom. The van der Waals surface area contributed by atoms with Crippen LogP contribution in [0.25, 0.3) is 0 Å². The van der Waals surface area contributed by atoms with Crippen LogP contribution in [0.1, 0.15) is 58.4 Å². The summed E-state index contributed by atoms with van der Waals surface area (Å²) in [7, 11) is -3.48. The van der Waals surface area contributed by atoms with E-state index in [9.17, 15) is 27.6 Å². The first-order chi connectivity index (χ1) is 16.8. The summed E-state index contributed by atoms with van der Waals surface area (Å²) >= 11 is 0. The average Bonchev–Trinajstić information content (AvgIpc) is 2.78. The molecule has 0 aliphatic heterocycles. The van der Waals surface area contributed by atoms with Crippen LogP contribution in [0.3, 0.4) is 0 Å². The highest BCUT2D eigenvalue weighted by atomic mass is 32.2. The second kappa shape index (κ2) is 14.8. The van der Waals surface area contributed by atoms with Crippen molar-refractivity contribution in [3.63, 3.8) is 0 Å². The standard InChI is InChI=1S/C23H34N6O6S/c1-15(2)20(21(32)28-18(16(3)30)10-8-12-25-22(24)33)29-19(31)11-7-5-6-9-17-13-26-23(27-14-17)36(4,34)35/h13-15,18,20H,5,7-8,10-12H2,1-4H3,(H,28,32)(H,29,31)(H3,24,25,33)/t18-,20-/m0/s1. The number of carbonyl (C=O) groups is 4. The summed E-state index contributed by atoms with van der Waals surface area (Å²) < 4.78 is 22.7. The van der Waals surface area contributed by atoms with Crippen molar-refractivity contribution in [3.8, 4) is 11.8 Å². The van der Waals surface area contributed by atoms with E-state index < -0.39 is 33.9 Å². The molecule has 0 aromatic carbocycles. The Labute approximate surface area is 211 Å². The molecule has 0 unspecified atom stereocenters. The molecule has 0 aliphatic rings. The molecule has 0 aliphatic carbocycles. The highest BCUT2D eigenvalue weighted by molar-refractivity contribution is 7.90. The molecule has 1 aromatic rings. The van der Waals surface area contributed by atoms with Gasteiger partial charge in [0.25, 0.3) is 0 Å². The molecule has 13 heteroatoms. The van der Waals surface area contributed by atoms with E-state index in [-0.39, 0.29) is 35.7 Å². The molecule has 1 heterocycles. The van der Waals surface area contributed by atoms with E-state index in [4.69, 9.17) is 5.73 Å². The second-order valence-electron chi connectivity index (χ2n) is 8.58. The van der Waals surface area contributed by atoms with Crippen LogP contribution in [0.2, 0.25) is 0 Å². The van der Waals surface area contributed by atoms with Crippen molar-refractivity contribution >= 4 is 33.5 Å². The Morgan fingerprint density at radius 2 is 1.72 bits per heavy atom. The molecular weight excluding hydrogens is 488 g/mol. The third-order valence-electron chi connectivity index (χ3n) is 4.94. The van der Waals surface area contributed by atoms with Gasteiger partial charge in [-0.1, -0.05) is 25.7 Å². The van der Waals surface area contributed by atoms with Crippen molar-refractivity contribution in [3.05, 3.63) is 18.0 Å². The van der Waals surface area contributed by atoms with Crippen LogP contribution in [-0.2, 0) is 24.2 Å². The van der Waals surface area contributed by atoms with Gasteiger partial charge in [-0.3, -0.25) is 14.4 Å². The van der Waals surface area contributed by atoms with Gasteiger partial charge in [0.15, 0.2) is 5.78 Å². The first-order valence-electron chi connectivity index (χ1n) is 11.5. The quantitative estimate of drug-likeness (QED) is 0.159. The minimum atomic E-state index is -3.48. The van der Waals surface area contributed by atoms with Gasteiger partial charge < -0.3 is 21.7 Å². The summed E-state index contributed by atoms with van der Waals surface area (Å²) in [4.78, 5) is 55.3. The maximum absolute atomic E-state index is 12.8. The fourth-order valence-corrected chi connectivity index (χ4v) is 3.50. The maximum atomic E-state index is 12.8. The molecule has 36 heavy (non-hydrogen) atoms. The fourth-order valence-electron chi connectivity index (χ4n) is 3.01. The van der Waals surface area contributed by atoms with Gasteiger partial charge in [-0.05, 0) is 32.1 Å². The summed E-state index contributed by atoms with van der Waals surface area (Å²) in [5, 5.41) is 7.54. The molecule has 0 saturated carbocycles. The zero-order valence-electron chi connectivity index (χ0n) is 21.0. The second-order valence-corrected chi connectivity index (χ2v) is 10.5. The number of nitrogens with one attached hydrogen (secondary N) is 3. The maximum Gasteiger partial charge on any atom is 0.312 e. The van der Waals surface area contributed by atoms with Gasteiger partial charge in [0.05, 0.1) is 11.6 Å². The summed E-state index contributed by atoms with van der Waals surface area (Å²) in [6, 6.07) is -2.22. The number of hydrogen-bond acceptors (Lipinski definition) is 8. The molecule has 0 bridgehead atoms. The number of nitrogens with zero attached hydrogens (tertiary/aromatic N) is 2. The summed E-state index contributed by atoms with van der Waals surface area (Å²) in [5.41, 5.74) is 5.46. The average molecular weight is 523 g/mol. The molecule has 0 saturated heterocycles. The minimum Gasteiger partial charge on any atom is -0.352 e. The van der Waals surface area contributed by atoms with Crippen LogP contribution in [-0.4, -0.2) is 66.9 Å². The van der Waals surface area contributed by atoms with Crippen molar-refractivity contribution in [2.75, 3.05) is 12.8 Å². The Bertz CT molecular complexity index is 1090. The van der Waals surface area contributed by atoms with E-state index in [1.807, 2.05) is 0 Å². The van der Waals surface area contributed by atoms with E-state index >= 15 is 0 Å². The zero-order valence-corrected chi connectivity index (χ0v) is 21.8. The number of Topliss-reactive ketones (excluding diaryl/α,β-unsaturated/α-hetero) is 1. The molecule has 4 amide bonds. The van der Waals surface area contributed by atoms with Crippen LogP contribution in [0, 0.1) is 17.8 Å². The zero-order chi connectivity index (χ0) is 27.3. The van der Waals surface area contributed by atoms with Crippen LogP contribution in [0.5, 0.6) is 0 Å². The van der Waals surface area contributed by atoms with Crippen LogP contribution < -0.4 is 21.7 Å². The van der Waals surface area contributed by atoms with E-state index in [1.165, 1.54) is 19.3 Å². The number of ketones is 1. The number of hydrogen-bond donors (Lipinski definition) is 4. The third-order valence-corrected chi connectivity index (χ3v) is 5.81. The molecule has 1 rings (SSSR count). The number of amides is 4. The number of urea groups is 1. The highest BCUT2D eigenvalue weighted by Crippen LogP contribution is 2.07. The Balaban J connectivity index is 2.55. The van der Waals surface area contributed by atoms with Crippen molar-refractivity contribution in [2.24, 2.45) is 11.7 Å². The summed E-state index contributed by atoms with van der Waals surface area (Å²) in [6.07, 6.45) is 5.39. The van der Waals surface area contributed by atoms with Crippen molar-refractivity contribution in [2.45, 2.75) is 70.1 Å². The van der Waals surface area contributed by atoms with E-state index in [2.05, 4.69) is 37.8 Å². The lowest BCUT2D eigenvalue weighted by Crippen LogP contribution is -2.53. The number of rotatable bonds is 13. The van der Waals surface area contributed by atoms with E-state index in [1.54, 1.807) is 13.8 Å². The van der Waals surface area contributed by atoms with Gasteiger partial charge in [0, 0.05) is 38.0 Å². The molecule has 5 N–H and O–H groups in total. The van der Waals surface area contributed by atoms with Crippen LogP contribution in [0.15, 0.2) is 17.6 Å². The molecular formula is C23H34N6O6S. The molecule has 1 aromatic heterocycles. The van der Waals surface area contributed by atoms with Crippen LogP contribution >= 0.6 is 0 Å². The molecule has 0 fully saturated rings. The van der Waals surface area contributed by atoms with Gasteiger partial charge >= 0.3 is 6.03 Å². The van der Waals surface area contributed by atoms with Gasteiger partial charge in [-0.25, -0.2) is 23.2 Å². The van der Waals surface area contributed by atoms with Gasteiger partial charge in [-0.15, -0.1) is 0 Å². The van der Waals surface area contributed by atoms with Gasteiger partial charge in [-0.2, -0.15) is 0 Å². The number of nitrogens with two attached hydrogens (primary N) is 1. The normalized spacial score (nSPS) is 12.6. The smallest absolute Gasteiger partial charge is 0.312 e. The van der Waals surface area contributed by atoms with E-state index in [0.29, 0.717) is 31.2 Å². The lowest BCUT2D eigenvalue weighted by atomic mass is 10.0. The van der Waals surface area contributed by atoms with Crippen molar-refractivity contribution in [1.29, 1.82) is 0 Å². The van der Waals surface area contributed by atoms with Gasteiger partial charge in [0.1, 0.15) is 6.04 Å². The highest BCUT2D eigenvalue weighted by Gasteiger charge is 2.27. The molecule has 198 valence electrons. The van der Waals surface area contributed by atoms with E-state index in [0.717, 1.165) is 6.26 Å². The predicted octanol–water partition coefficient (Wildman–Crippen LogP) is 0.0650. The third kappa shape index (κ3) is 11.7. The molecule has 0 radical (unpaired) electrons.